The Morgan fingerprint density at radius 2 is 2.00 bits per heavy atom. The molecule has 106 valence electrons. The Hall–Kier alpha value is -3.19. The summed E-state index contributed by atoms with van der Waals surface area (Å²) in [6.45, 7) is 1.96. The van der Waals surface area contributed by atoms with Crippen molar-refractivity contribution in [2.75, 3.05) is 0 Å². The molecule has 4 nitrogen and oxygen atoms in total. The molecule has 0 fully saturated rings. The number of carbonyl (C=O) groups is 1. The Labute approximate surface area is 128 Å². The Bertz CT molecular complexity index is 857. The smallest absolute Gasteiger partial charge is 0.363 e. The first-order valence-corrected chi connectivity index (χ1v) is 6.75. The minimum Gasteiger partial charge on any atom is -0.402 e. The van der Waals surface area contributed by atoms with Gasteiger partial charge in [-0.15, -0.1) is 0 Å². The van der Waals surface area contributed by atoms with Gasteiger partial charge in [-0.05, 0) is 42.8 Å². The van der Waals surface area contributed by atoms with Gasteiger partial charge in [-0.3, -0.25) is 0 Å². The Morgan fingerprint density at radius 3 is 2.77 bits per heavy atom. The number of esters is 1. The summed E-state index contributed by atoms with van der Waals surface area (Å²) in [5, 5.41) is 8.90. The molecule has 1 aliphatic heterocycles. The van der Waals surface area contributed by atoms with E-state index in [4.69, 9.17) is 10.00 Å². The van der Waals surface area contributed by atoms with E-state index in [1.165, 1.54) is 0 Å². The van der Waals surface area contributed by atoms with Crippen molar-refractivity contribution < 1.29 is 9.53 Å². The van der Waals surface area contributed by atoms with Crippen LogP contribution in [0.5, 0.6) is 0 Å². The number of ether oxygens (including phenoxy) is 1. The summed E-state index contributed by atoms with van der Waals surface area (Å²) in [4.78, 5) is 16.2. The molecule has 0 saturated carbocycles. The predicted octanol–water partition coefficient (Wildman–Crippen LogP) is 3.21. The molecule has 0 saturated heterocycles. The van der Waals surface area contributed by atoms with Crippen LogP contribution in [0.15, 0.2) is 59.2 Å². The number of nitriles is 1. The molecule has 1 aliphatic rings. The molecule has 2 aromatic carbocycles. The highest BCUT2D eigenvalue weighted by molar-refractivity contribution is 6.12. The first kappa shape index (κ1) is 13.8. The van der Waals surface area contributed by atoms with E-state index >= 15 is 0 Å². The lowest BCUT2D eigenvalue weighted by atomic mass is 10.1. The number of hydrogen-bond acceptors (Lipinski definition) is 4. The highest BCUT2D eigenvalue weighted by Gasteiger charge is 2.24. The number of cyclic esters (lactones) is 1. The summed E-state index contributed by atoms with van der Waals surface area (Å²) >= 11 is 0. The van der Waals surface area contributed by atoms with Crippen LogP contribution >= 0.6 is 0 Å². The minimum atomic E-state index is -0.487. The zero-order valence-corrected chi connectivity index (χ0v) is 11.9. The van der Waals surface area contributed by atoms with E-state index in [-0.39, 0.29) is 5.70 Å². The van der Waals surface area contributed by atoms with Crippen LogP contribution in [0.2, 0.25) is 0 Å². The first-order valence-electron chi connectivity index (χ1n) is 6.75. The van der Waals surface area contributed by atoms with Gasteiger partial charge in [0.05, 0.1) is 11.6 Å². The maximum absolute atomic E-state index is 11.9. The molecule has 0 unspecified atom stereocenters. The topological polar surface area (TPSA) is 62.5 Å². The predicted molar refractivity (Wildman–Crippen MR) is 82.9 cm³/mol. The van der Waals surface area contributed by atoms with Crippen LogP contribution < -0.4 is 0 Å². The Kier molecular flexibility index (Phi) is 3.55. The van der Waals surface area contributed by atoms with Crippen molar-refractivity contribution in [2.24, 2.45) is 4.99 Å². The standard InChI is InChI=1S/C18H12N2O2/c1-12-4-2-7-15(8-12)17-20-16(18(21)22-17)10-13-5-3-6-14(9-13)11-19/h2-10H,1H3/b16-10+. The lowest BCUT2D eigenvalue weighted by Crippen LogP contribution is -2.05. The highest BCUT2D eigenvalue weighted by atomic mass is 16.6. The average Bonchev–Trinajstić information content (AvgIpc) is 2.89. The minimum absolute atomic E-state index is 0.228. The van der Waals surface area contributed by atoms with Gasteiger partial charge in [-0.2, -0.15) is 5.26 Å². The molecule has 0 spiro atoms. The van der Waals surface area contributed by atoms with Crippen molar-refractivity contribution in [3.05, 3.63) is 76.5 Å². The molecule has 2 aromatic rings. The van der Waals surface area contributed by atoms with E-state index in [1.54, 1.807) is 30.3 Å². The van der Waals surface area contributed by atoms with Gasteiger partial charge in [0.25, 0.3) is 0 Å². The van der Waals surface area contributed by atoms with Gasteiger partial charge < -0.3 is 4.74 Å². The molecule has 0 atom stereocenters. The molecule has 0 bridgehead atoms. The molecule has 0 radical (unpaired) electrons. The number of hydrogen-bond donors (Lipinski definition) is 0. The summed E-state index contributed by atoms with van der Waals surface area (Å²) in [5.74, 6) is -0.185. The normalized spacial score (nSPS) is 15.4. The second-order valence-electron chi connectivity index (χ2n) is 4.94. The van der Waals surface area contributed by atoms with Gasteiger partial charge in [-0.25, -0.2) is 9.79 Å². The third-order valence-corrected chi connectivity index (χ3v) is 3.20. The highest BCUT2D eigenvalue weighted by Crippen LogP contribution is 2.20. The molecule has 0 aliphatic carbocycles. The third-order valence-electron chi connectivity index (χ3n) is 3.20. The van der Waals surface area contributed by atoms with Gasteiger partial charge in [0, 0.05) is 5.56 Å². The first-order chi connectivity index (χ1) is 10.7. The number of rotatable bonds is 2. The zero-order valence-electron chi connectivity index (χ0n) is 11.9. The molecular weight excluding hydrogens is 276 g/mol. The van der Waals surface area contributed by atoms with E-state index in [2.05, 4.69) is 11.1 Å². The monoisotopic (exact) mass is 288 g/mol. The number of aliphatic imine (C=N–C) groups is 1. The fraction of sp³-hybridized carbons (Fsp3) is 0.0556. The van der Waals surface area contributed by atoms with Crippen molar-refractivity contribution >= 4 is 17.9 Å². The van der Waals surface area contributed by atoms with Crippen LogP contribution in [0.25, 0.3) is 6.08 Å². The fourth-order valence-corrected chi connectivity index (χ4v) is 2.17. The Balaban J connectivity index is 1.96. The molecule has 1 heterocycles. The number of aryl methyl sites for hydroxylation is 1. The summed E-state index contributed by atoms with van der Waals surface area (Å²) in [6, 6.07) is 16.6. The summed E-state index contributed by atoms with van der Waals surface area (Å²) in [5.41, 5.74) is 3.33. The van der Waals surface area contributed by atoms with Gasteiger partial charge in [0.1, 0.15) is 0 Å². The molecule has 0 amide bonds. The SMILES string of the molecule is Cc1cccc(C2=N/C(=C/c3cccc(C#N)c3)C(=O)O2)c1. The molecular formula is C18H12N2O2. The molecule has 3 rings (SSSR count). The van der Waals surface area contributed by atoms with Crippen molar-refractivity contribution in [1.82, 2.24) is 0 Å². The fourth-order valence-electron chi connectivity index (χ4n) is 2.17. The molecule has 22 heavy (non-hydrogen) atoms. The van der Waals surface area contributed by atoms with E-state index < -0.39 is 5.97 Å². The zero-order chi connectivity index (χ0) is 15.5. The summed E-state index contributed by atoms with van der Waals surface area (Å²) < 4.78 is 5.22. The van der Waals surface area contributed by atoms with E-state index in [9.17, 15) is 4.79 Å². The second-order valence-corrected chi connectivity index (χ2v) is 4.94. The van der Waals surface area contributed by atoms with Crippen LogP contribution in [-0.4, -0.2) is 11.9 Å². The maximum atomic E-state index is 11.9. The van der Waals surface area contributed by atoms with Gasteiger partial charge in [0.15, 0.2) is 5.70 Å². The van der Waals surface area contributed by atoms with Gasteiger partial charge in [0.2, 0.25) is 5.90 Å². The van der Waals surface area contributed by atoms with Crippen LogP contribution in [0.3, 0.4) is 0 Å². The van der Waals surface area contributed by atoms with Crippen LogP contribution in [0, 0.1) is 18.3 Å². The van der Waals surface area contributed by atoms with Crippen molar-refractivity contribution in [1.29, 1.82) is 5.26 Å². The summed E-state index contributed by atoms with van der Waals surface area (Å²) in [7, 11) is 0. The quantitative estimate of drug-likeness (QED) is 0.629. The average molecular weight is 288 g/mol. The molecule has 0 aromatic heterocycles. The van der Waals surface area contributed by atoms with E-state index in [0.717, 1.165) is 16.7 Å². The lowest BCUT2D eigenvalue weighted by Gasteiger charge is -1.99. The van der Waals surface area contributed by atoms with Crippen molar-refractivity contribution in [2.45, 2.75) is 6.92 Å². The molecule has 4 heteroatoms. The van der Waals surface area contributed by atoms with E-state index in [0.29, 0.717) is 11.5 Å². The lowest BCUT2D eigenvalue weighted by molar-refractivity contribution is -0.129. The van der Waals surface area contributed by atoms with Gasteiger partial charge in [-0.1, -0.05) is 29.8 Å². The second kappa shape index (κ2) is 5.66. The number of carbonyl (C=O) groups excluding carboxylic acids is 1. The maximum Gasteiger partial charge on any atom is 0.363 e. The number of nitrogens with zero attached hydrogens (tertiary/aromatic N) is 2. The number of benzene rings is 2. The van der Waals surface area contributed by atoms with Crippen LogP contribution in [0.4, 0.5) is 0 Å². The summed E-state index contributed by atoms with van der Waals surface area (Å²) in [6.07, 6.45) is 1.62. The largest absolute Gasteiger partial charge is 0.402 e. The van der Waals surface area contributed by atoms with Crippen LogP contribution in [0.1, 0.15) is 22.3 Å². The molecule has 0 N–H and O–H groups in total. The van der Waals surface area contributed by atoms with Crippen molar-refractivity contribution in [3.63, 3.8) is 0 Å². The Morgan fingerprint density at radius 1 is 1.18 bits per heavy atom. The van der Waals surface area contributed by atoms with Gasteiger partial charge >= 0.3 is 5.97 Å². The van der Waals surface area contributed by atoms with Crippen molar-refractivity contribution in [3.8, 4) is 6.07 Å². The van der Waals surface area contributed by atoms with Crippen LogP contribution in [-0.2, 0) is 9.53 Å². The third kappa shape index (κ3) is 2.79. The van der Waals surface area contributed by atoms with E-state index in [1.807, 2.05) is 31.2 Å².